The van der Waals surface area contributed by atoms with E-state index in [1.807, 2.05) is 0 Å². The summed E-state index contributed by atoms with van der Waals surface area (Å²) in [7, 11) is 0. The first-order chi connectivity index (χ1) is 5.02. The lowest BCUT2D eigenvalue weighted by Gasteiger charge is -2.09. The average Bonchev–Trinajstić information content (AvgIpc) is 1.82. The molecular formula is C7H19Al3O. The molecule has 0 atom stereocenters. The van der Waals surface area contributed by atoms with Gasteiger partial charge in [-0.15, -0.1) is 27.3 Å². The van der Waals surface area contributed by atoms with Crippen molar-refractivity contribution in [2.75, 3.05) is 5.47 Å². The molecule has 0 fully saturated rings. The normalized spacial score (nSPS) is 9.55. The van der Waals surface area contributed by atoms with Crippen LogP contribution in [-0.4, -0.2) is 48.2 Å². The molecule has 0 aliphatic heterocycles. The molecule has 0 saturated heterocycles. The fourth-order valence-electron chi connectivity index (χ4n) is 1.09. The lowest BCUT2D eigenvalue weighted by atomic mass is 11.7. The monoisotopic (exact) mass is 200 g/mol. The average molecular weight is 200 g/mol. The van der Waals surface area contributed by atoms with Gasteiger partial charge in [0.25, 0.3) is 14.1 Å². The van der Waals surface area contributed by atoms with Crippen LogP contribution >= 0.6 is 0 Å². The van der Waals surface area contributed by atoms with Crippen molar-refractivity contribution in [1.29, 1.82) is 0 Å². The maximum Gasteiger partial charge on any atom is 0.442 e. The van der Waals surface area contributed by atoms with Gasteiger partial charge in [0.1, 0.15) is 0 Å². The van der Waals surface area contributed by atoms with E-state index in [0.29, 0.717) is 0 Å². The van der Waals surface area contributed by atoms with Crippen molar-refractivity contribution >= 4 is 42.8 Å². The lowest BCUT2D eigenvalue weighted by Crippen LogP contribution is -2.24. The van der Waals surface area contributed by atoms with Crippen LogP contribution in [0.15, 0.2) is 0 Å². The quantitative estimate of drug-likeness (QED) is 0.618. The summed E-state index contributed by atoms with van der Waals surface area (Å²) in [6, 6.07) is 0. The molecular weight excluding hydrogens is 181 g/mol. The van der Waals surface area contributed by atoms with Gasteiger partial charge < -0.3 is 3.79 Å². The Hall–Kier alpha value is 1.56. The molecule has 0 spiro atoms. The molecule has 0 aliphatic rings. The first-order valence-electron chi connectivity index (χ1n) is 4.64. The number of rotatable bonds is 5. The molecule has 0 aliphatic carbocycles. The second-order valence-corrected chi connectivity index (χ2v) is 13.9. The van der Waals surface area contributed by atoms with E-state index in [1.54, 1.807) is 0 Å². The third-order valence-corrected chi connectivity index (χ3v) is 9.95. The molecule has 4 heteroatoms. The fraction of sp³-hybridized carbons (Fsp3) is 1.00. The fourth-order valence-corrected chi connectivity index (χ4v) is 9.80. The maximum atomic E-state index is 5.85. The molecule has 1 nitrogen and oxygen atoms in total. The minimum Gasteiger partial charge on any atom is -0.513 e. The Labute approximate surface area is 84.6 Å². The van der Waals surface area contributed by atoms with Gasteiger partial charge in [-0.1, -0.05) is 5.79 Å². The first kappa shape index (κ1) is 12.6. The molecule has 0 aromatic rings. The van der Waals surface area contributed by atoms with Crippen LogP contribution in [0.4, 0.5) is 0 Å². The molecule has 0 aromatic carbocycles. The predicted octanol–water partition coefficient (Wildman–Crippen LogP) is 2.21. The molecule has 0 heterocycles. The smallest absolute Gasteiger partial charge is 0.442 e. The van der Waals surface area contributed by atoms with Crippen LogP contribution in [0, 0.1) is 0 Å². The summed E-state index contributed by atoms with van der Waals surface area (Å²) in [5, 5.41) is 0. The zero-order chi connectivity index (χ0) is 8.85. The Bertz CT molecular complexity index is 95.7. The third kappa shape index (κ3) is 9.47. The van der Waals surface area contributed by atoms with E-state index >= 15 is 0 Å². The third-order valence-electron chi connectivity index (χ3n) is 1.52. The van der Waals surface area contributed by atoms with Gasteiger partial charge >= 0.3 is 14.5 Å². The van der Waals surface area contributed by atoms with Crippen LogP contribution in [0.3, 0.4) is 0 Å². The van der Waals surface area contributed by atoms with Crippen LogP contribution in [-0.2, 0) is 3.79 Å². The Morgan fingerprint density at radius 1 is 0.909 bits per heavy atom. The molecule has 0 amide bonds. The molecule has 0 aromatic heterocycles. The van der Waals surface area contributed by atoms with Crippen LogP contribution in [0.5, 0.6) is 0 Å². The highest BCUT2D eigenvalue weighted by Gasteiger charge is 2.18. The number of hydrogen-bond acceptors (Lipinski definition) is 1. The van der Waals surface area contributed by atoms with Crippen molar-refractivity contribution in [3.63, 3.8) is 0 Å². The second-order valence-electron chi connectivity index (χ2n) is 4.17. The standard InChI is InChI=1S/CH2O.5CH3.CH2.3Al/c1-2;;;;;;;;;/h1H2;5*1H3;1H2;;;/q-1;;;;;;;;;+1. The van der Waals surface area contributed by atoms with Gasteiger partial charge in [-0.05, 0) is 5.47 Å². The van der Waals surface area contributed by atoms with Crippen molar-refractivity contribution in [2.45, 2.75) is 33.1 Å². The highest BCUT2D eigenvalue weighted by atomic mass is 27.3. The highest BCUT2D eigenvalue weighted by molar-refractivity contribution is 6.73. The summed E-state index contributed by atoms with van der Waals surface area (Å²) in [5.74, 6) is 11.9. The van der Waals surface area contributed by atoms with Crippen molar-refractivity contribution in [3.05, 3.63) is 0 Å². The molecule has 0 N–H and O–H groups in total. The molecule has 0 saturated carbocycles. The van der Waals surface area contributed by atoms with Gasteiger partial charge in [0.2, 0.25) is 14.1 Å². The van der Waals surface area contributed by atoms with Gasteiger partial charge in [0.15, 0.2) is 0 Å². The minimum atomic E-state index is -0.720. The van der Waals surface area contributed by atoms with E-state index < -0.39 is 28.6 Å². The van der Waals surface area contributed by atoms with Crippen molar-refractivity contribution in [2.24, 2.45) is 0 Å². The molecule has 11 heavy (non-hydrogen) atoms. The summed E-state index contributed by atoms with van der Waals surface area (Å²) in [5.41, 5.74) is 1.12. The molecule has 0 rings (SSSR count). The van der Waals surface area contributed by atoms with E-state index in [0.717, 1.165) is 5.47 Å². The molecule has 62 valence electrons. The Morgan fingerprint density at radius 2 is 1.45 bits per heavy atom. The van der Waals surface area contributed by atoms with Crippen molar-refractivity contribution < 1.29 is 3.79 Å². The van der Waals surface area contributed by atoms with E-state index in [2.05, 4.69) is 28.9 Å². The summed E-state index contributed by atoms with van der Waals surface area (Å²) in [4.78, 5) is 0. The maximum absolute atomic E-state index is 5.85. The van der Waals surface area contributed by atoms with Gasteiger partial charge in [-0.25, -0.2) is 0 Å². The van der Waals surface area contributed by atoms with E-state index in [4.69, 9.17) is 3.79 Å². The second kappa shape index (κ2) is 7.01. The van der Waals surface area contributed by atoms with E-state index in [1.165, 1.54) is 4.14 Å². The van der Waals surface area contributed by atoms with Gasteiger partial charge in [0.05, 0.1) is 0 Å². The molecule has 0 bridgehead atoms. The summed E-state index contributed by atoms with van der Waals surface area (Å²) in [6.45, 7) is 0. The highest BCUT2D eigenvalue weighted by Crippen LogP contribution is 1.99. The van der Waals surface area contributed by atoms with Crippen LogP contribution < -0.4 is 0 Å². The number of hydrogen-bond donors (Lipinski definition) is 0. The Balaban J connectivity index is 3.29. The largest absolute Gasteiger partial charge is 0.513 e. The zero-order valence-electron chi connectivity index (χ0n) is 8.55. The lowest BCUT2D eigenvalue weighted by molar-refractivity contribution is 0.393. The Morgan fingerprint density at radius 3 is 1.82 bits per heavy atom. The first-order valence-corrected chi connectivity index (χ1v) is 13.3. The SMILES string of the molecule is [CH3][Al]([CH3])[CH2][O][Al]([CH3])[CH2][Al]([CH3])[CH3]. The van der Waals surface area contributed by atoms with Crippen molar-refractivity contribution in [1.82, 2.24) is 0 Å². The van der Waals surface area contributed by atoms with E-state index in [9.17, 15) is 0 Å². The predicted molar refractivity (Wildman–Crippen MR) is 57.3 cm³/mol. The van der Waals surface area contributed by atoms with Crippen LogP contribution in [0.1, 0.15) is 0 Å². The van der Waals surface area contributed by atoms with Crippen LogP contribution in [0.25, 0.3) is 0 Å². The summed E-state index contributed by atoms with van der Waals surface area (Å²) < 4.78 is 7.32. The minimum absolute atomic E-state index is 0.339. The van der Waals surface area contributed by atoms with Crippen LogP contribution in [0.2, 0.25) is 33.1 Å². The van der Waals surface area contributed by atoms with Gasteiger partial charge in [-0.2, -0.15) is 0 Å². The zero-order valence-corrected chi connectivity index (χ0v) is 12.0. The van der Waals surface area contributed by atoms with Gasteiger partial charge in [-0.3, -0.25) is 0 Å². The topological polar surface area (TPSA) is 9.23 Å². The van der Waals surface area contributed by atoms with Gasteiger partial charge in [0, 0.05) is 0 Å². The van der Waals surface area contributed by atoms with Crippen molar-refractivity contribution in [3.8, 4) is 0 Å². The summed E-state index contributed by atoms with van der Waals surface area (Å²) >= 11 is -1.50. The summed E-state index contributed by atoms with van der Waals surface area (Å²) in [6.07, 6.45) is 0. The Kier molecular flexibility index (Phi) is 8.00. The van der Waals surface area contributed by atoms with E-state index in [-0.39, 0.29) is 14.1 Å². The molecule has 0 unspecified atom stereocenters. The molecule has 0 radical (unpaired) electrons.